The summed E-state index contributed by atoms with van der Waals surface area (Å²) < 4.78 is 13.7. The monoisotopic (exact) mass is 1040 g/mol. The third-order valence-electron chi connectivity index (χ3n) is 16.2. The van der Waals surface area contributed by atoms with Gasteiger partial charge in [-0.2, -0.15) is 15.0 Å². The number of halogens is 1. The van der Waals surface area contributed by atoms with Gasteiger partial charge in [-0.05, 0) is 130 Å². The Bertz CT molecular complexity index is 1350. The van der Waals surface area contributed by atoms with Gasteiger partial charge in [-0.1, -0.05) is 206 Å². The zero-order valence-electron chi connectivity index (χ0n) is 50.0. The molecule has 2 atom stereocenters. The number of nitrogens with zero attached hydrogens (tertiary/aromatic N) is 3. The van der Waals surface area contributed by atoms with Crippen LogP contribution >= 0.6 is 11.6 Å². The smallest absolute Gasteiger partial charge is 0.228 e. The molecule has 2 unspecified atom stereocenters. The molecule has 0 amide bonds. The van der Waals surface area contributed by atoms with E-state index >= 15 is 0 Å². The summed E-state index contributed by atoms with van der Waals surface area (Å²) in [4.78, 5) is 13.8. The Morgan fingerprint density at radius 3 is 0.918 bits per heavy atom. The van der Waals surface area contributed by atoms with Crippen molar-refractivity contribution in [3.63, 3.8) is 0 Å². The zero-order chi connectivity index (χ0) is 53.1. The molecule has 2 fully saturated rings. The van der Waals surface area contributed by atoms with Crippen LogP contribution < -0.4 is 21.3 Å². The average Bonchev–Trinajstić information content (AvgIpc) is 3.30. The highest BCUT2D eigenvalue weighted by atomic mass is 35.5. The number of rotatable bonds is 46. The second-order valence-corrected chi connectivity index (χ2v) is 26.6. The Hall–Kier alpha value is -1.26. The van der Waals surface area contributed by atoms with E-state index in [-0.39, 0.29) is 39.6 Å². The lowest BCUT2D eigenvalue weighted by molar-refractivity contribution is -0.0309. The maximum atomic E-state index is 6.84. The van der Waals surface area contributed by atoms with Crippen molar-refractivity contribution < 1.29 is 9.47 Å². The molecule has 3 heterocycles. The minimum absolute atomic E-state index is 0.0634. The predicted molar refractivity (Wildman–Crippen MR) is 318 cm³/mol. The number of aromatic nitrogens is 3. The van der Waals surface area contributed by atoms with Crippen LogP contribution in [0.5, 0.6) is 0 Å². The van der Waals surface area contributed by atoms with Gasteiger partial charge in [-0.25, -0.2) is 0 Å². The van der Waals surface area contributed by atoms with Gasteiger partial charge in [0.1, 0.15) is 0 Å². The largest absolute Gasteiger partial charge is 0.378 e. The number of hydrogen-bond acceptors (Lipinski definition) is 9. The van der Waals surface area contributed by atoms with Crippen molar-refractivity contribution >= 4 is 23.5 Å². The number of unbranched alkanes of at least 4 members (excludes halogenated alkanes) is 30. The number of hydrogen-bond donors (Lipinski definition) is 4. The Morgan fingerprint density at radius 2 is 0.658 bits per heavy atom. The van der Waals surface area contributed by atoms with Gasteiger partial charge in [0.05, 0.1) is 12.2 Å². The quantitative estimate of drug-likeness (QED) is 0.0475. The molecule has 73 heavy (non-hydrogen) atoms. The molecule has 0 saturated carbocycles. The van der Waals surface area contributed by atoms with Crippen molar-refractivity contribution in [3.05, 3.63) is 5.28 Å². The van der Waals surface area contributed by atoms with Crippen molar-refractivity contribution in [3.8, 4) is 0 Å². The third kappa shape index (κ3) is 32.9. The van der Waals surface area contributed by atoms with Crippen LogP contribution in [0, 0.1) is 11.8 Å². The molecule has 1 aromatic rings. The van der Waals surface area contributed by atoms with Gasteiger partial charge in [0.2, 0.25) is 17.2 Å². The molecule has 9 nitrogen and oxygen atoms in total. The molecule has 10 heteroatoms. The van der Waals surface area contributed by atoms with E-state index in [1.54, 1.807) is 0 Å². The second-order valence-electron chi connectivity index (χ2n) is 26.2. The molecule has 3 rings (SSSR count). The fourth-order valence-electron chi connectivity index (χ4n) is 13.2. The Morgan fingerprint density at radius 1 is 0.411 bits per heavy atom. The van der Waals surface area contributed by atoms with Gasteiger partial charge in [0.25, 0.3) is 0 Å². The molecule has 0 radical (unpaired) electrons. The lowest BCUT2D eigenvalue weighted by atomic mass is 9.73. The molecule has 2 saturated heterocycles. The fraction of sp³-hybridized carbons (Fsp3) is 0.952. The summed E-state index contributed by atoms with van der Waals surface area (Å²) in [6, 6.07) is 0. The van der Waals surface area contributed by atoms with Crippen LogP contribution in [0.2, 0.25) is 5.28 Å². The topological polar surface area (TPSA) is 105 Å². The Kier molecular flexibility index (Phi) is 34.7. The molecule has 0 bridgehead atoms. The standard InChI is InChI=1S/C63H122ClN7O2/c1-11-13-15-17-19-21-23-25-27-29-31-33-35-37-39-41-47-72-55(53-49-60(3,4)70-61(5,6)50-53)43-45-65-58-67-57(64)68-59(69-58)66-46-44-56(54-51-62(7,8)71-63(9,10)52-54)73-48-42-40-38-36-34-32-30-28-26-24-22-20-18-16-14-12-2/h53-56,70-71H,11-52H2,1-10H3,(H2,65,66,67,68,69). The number of ether oxygens (including phenoxy) is 2. The molecule has 2 aliphatic heterocycles. The van der Waals surface area contributed by atoms with E-state index in [4.69, 9.17) is 26.1 Å². The summed E-state index contributed by atoms with van der Waals surface area (Å²) in [5.41, 5.74) is 0.253. The zero-order valence-corrected chi connectivity index (χ0v) is 50.8. The SMILES string of the molecule is CCCCCCCCCCCCCCCCCCOC(CCNc1nc(Cl)nc(NCCC(OCCCCCCCCCCCCCCCCCC)C2CC(C)(C)NC(C)(C)C2)n1)C1CC(C)(C)NC(C)(C)C1. The number of anilines is 2. The average molecular weight is 1050 g/mol. The molecule has 0 aliphatic carbocycles. The van der Waals surface area contributed by atoms with Crippen molar-refractivity contribution in [2.75, 3.05) is 36.9 Å². The van der Waals surface area contributed by atoms with E-state index in [0.717, 1.165) is 64.6 Å². The highest BCUT2D eigenvalue weighted by Crippen LogP contribution is 2.38. The molecular weight excluding hydrogens is 922 g/mol. The van der Waals surface area contributed by atoms with Crippen LogP contribution in [0.15, 0.2) is 0 Å². The normalized spacial score (nSPS) is 18.5. The van der Waals surface area contributed by atoms with Crippen molar-refractivity contribution in [2.24, 2.45) is 11.8 Å². The van der Waals surface area contributed by atoms with Gasteiger partial charge in [-0.3, -0.25) is 0 Å². The number of nitrogens with one attached hydrogen (secondary N) is 4. The van der Waals surface area contributed by atoms with Gasteiger partial charge in [0, 0.05) is 48.5 Å². The third-order valence-corrected chi connectivity index (χ3v) is 16.4. The van der Waals surface area contributed by atoms with E-state index in [9.17, 15) is 0 Å². The molecule has 1 aromatic heterocycles. The van der Waals surface area contributed by atoms with Crippen LogP contribution in [-0.2, 0) is 9.47 Å². The Balaban J connectivity index is 1.42. The number of piperidine rings is 2. The van der Waals surface area contributed by atoms with Crippen LogP contribution in [0.1, 0.15) is 313 Å². The molecular formula is C63H122ClN7O2. The first-order valence-electron chi connectivity index (χ1n) is 31.7. The summed E-state index contributed by atoms with van der Waals surface area (Å²) >= 11 is 6.57. The molecule has 0 aromatic carbocycles. The summed E-state index contributed by atoms with van der Waals surface area (Å²) in [7, 11) is 0. The molecule has 4 N–H and O–H groups in total. The first kappa shape index (κ1) is 66.0. The van der Waals surface area contributed by atoms with Gasteiger partial charge in [0.15, 0.2) is 0 Å². The Labute approximate surface area is 458 Å². The highest BCUT2D eigenvalue weighted by molar-refractivity contribution is 6.28. The summed E-state index contributed by atoms with van der Waals surface area (Å²) in [5.74, 6) is 1.98. The van der Waals surface area contributed by atoms with Crippen molar-refractivity contribution in [1.29, 1.82) is 0 Å². The van der Waals surface area contributed by atoms with Crippen LogP contribution in [0.25, 0.3) is 0 Å². The van der Waals surface area contributed by atoms with Crippen LogP contribution in [0.4, 0.5) is 11.9 Å². The van der Waals surface area contributed by atoms with Crippen molar-refractivity contribution in [1.82, 2.24) is 25.6 Å². The summed E-state index contributed by atoms with van der Waals surface area (Å²) in [6.45, 7) is 26.4. The van der Waals surface area contributed by atoms with Gasteiger partial charge in [-0.15, -0.1) is 0 Å². The second kappa shape index (κ2) is 38.3. The lowest BCUT2D eigenvalue weighted by Gasteiger charge is -2.48. The highest BCUT2D eigenvalue weighted by Gasteiger charge is 2.42. The van der Waals surface area contributed by atoms with E-state index < -0.39 is 0 Å². The molecule has 2 aliphatic rings. The summed E-state index contributed by atoms with van der Waals surface area (Å²) in [5, 5.41) is 15.0. The van der Waals surface area contributed by atoms with Gasteiger partial charge >= 0.3 is 0 Å². The predicted octanol–water partition coefficient (Wildman–Crippen LogP) is 18.5. The molecule has 0 spiro atoms. The molecule has 428 valence electrons. The first-order chi connectivity index (χ1) is 35.0. The van der Waals surface area contributed by atoms with Crippen LogP contribution in [-0.4, -0.2) is 75.6 Å². The summed E-state index contributed by atoms with van der Waals surface area (Å²) in [6.07, 6.45) is 50.7. The van der Waals surface area contributed by atoms with Crippen LogP contribution in [0.3, 0.4) is 0 Å². The van der Waals surface area contributed by atoms with E-state index in [2.05, 4.69) is 100 Å². The van der Waals surface area contributed by atoms with Crippen molar-refractivity contribution in [2.45, 2.75) is 348 Å². The van der Waals surface area contributed by atoms with E-state index in [1.165, 1.54) is 193 Å². The first-order valence-corrected chi connectivity index (χ1v) is 32.1. The van der Waals surface area contributed by atoms with Gasteiger partial charge < -0.3 is 30.7 Å². The fourth-order valence-corrected chi connectivity index (χ4v) is 13.3. The van der Waals surface area contributed by atoms with E-state index in [0.29, 0.717) is 36.8 Å². The minimum atomic E-state index is 0.0634. The lowest BCUT2D eigenvalue weighted by Crippen LogP contribution is -2.59. The maximum absolute atomic E-state index is 6.84. The van der Waals surface area contributed by atoms with E-state index in [1.807, 2.05) is 0 Å². The minimum Gasteiger partial charge on any atom is -0.378 e. The maximum Gasteiger partial charge on any atom is 0.228 e.